The molecule has 0 unspecified atom stereocenters. The number of para-hydroxylation sites is 1. The summed E-state index contributed by atoms with van der Waals surface area (Å²) in [6, 6.07) is 84.6. The van der Waals surface area contributed by atoms with Crippen molar-refractivity contribution in [2.45, 2.75) is 13.8 Å². The Balaban J connectivity index is 1.07. The Morgan fingerprint density at radius 2 is 0.643 bits per heavy atom. The highest BCUT2D eigenvalue weighted by atomic mass is 15.2. The molecule has 0 bridgehead atoms. The second kappa shape index (κ2) is 16.8. The van der Waals surface area contributed by atoms with Gasteiger partial charge < -0.3 is 4.57 Å². The zero-order valence-electron chi connectivity index (χ0n) is 38.8. The minimum Gasteiger partial charge on any atom is -0.309 e. The molecule has 10 aromatic carbocycles. The molecule has 70 heavy (non-hydrogen) atoms. The highest BCUT2D eigenvalue weighted by Crippen LogP contribution is 2.42. The van der Waals surface area contributed by atoms with E-state index in [4.69, 9.17) is 15.0 Å². The summed E-state index contributed by atoms with van der Waals surface area (Å²) in [7, 11) is 0. The maximum atomic E-state index is 5.53. The van der Waals surface area contributed by atoms with Crippen LogP contribution in [0.25, 0.3) is 123 Å². The Kier molecular flexibility index (Phi) is 9.88. The third kappa shape index (κ3) is 6.98. The standard InChI is InChI=1S/C65H45N5/c1-42-30-34-59-54(38-42)55-39-43(2)31-35-60(55)69(59)58-29-17-16-28-53(58)64-66-63(46-22-10-5-11-23-46)67-65(68-64)70-61-36-32-47(51-26-14-12-24-49(51)44-18-6-3-7-19-44)40-56(61)57-41-48(33-37-62(57)70)52-27-15-13-25-50(52)45-20-8-4-9-21-45/h3-41H,1-2H3. The van der Waals surface area contributed by atoms with E-state index in [0.717, 1.165) is 60.8 Å². The minimum atomic E-state index is 0.544. The van der Waals surface area contributed by atoms with Gasteiger partial charge in [0.25, 0.3) is 0 Å². The quantitative estimate of drug-likeness (QED) is 0.153. The van der Waals surface area contributed by atoms with Gasteiger partial charge in [-0.15, -0.1) is 0 Å². The van der Waals surface area contributed by atoms with Gasteiger partial charge in [-0.05, 0) is 119 Å². The van der Waals surface area contributed by atoms with Gasteiger partial charge in [0.1, 0.15) is 0 Å². The van der Waals surface area contributed by atoms with Crippen molar-refractivity contribution >= 4 is 43.6 Å². The van der Waals surface area contributed by atoms with Crippen LogP contribution in [0, 0.1) is 13.8 Å². The highest BCUT2D eigenvalue weighted by Gasteiger charge is 2.23. The van der Waals surface area contributed by atoms with E-state index >= 15 is 0 Å². The average molecular weight is 896 g/mol. The van der Waals surface area contributed by atoms with Gasteiger partial charge in [0, 0.05) is 32.7 Å². The lowest BCUT2D eigenvalue weighted by molar-refractivity contribution is 0.951. The van der Waals surface area contributed by atoms with Crippen LogP contribution in [-0.2, 0) is 0 Å². The van der Waals surface area contributed by atoms with E-state index in [2.05, 4.69) is 241 Å². The van der Waals surface area contributed by atoms with E-state index in [9.17, 15) is 0 Å². The average Bonchev–Trinajstić information content (AvgIpc) is 3.92. The van der Waals surface area contributed by atoms with Crippen LogP contribution in [0.2, 0.25) is 0 Å². The molecule has 0 aliphatic heterocycles. The fourth-order valence-electron chi connectivity index (χ4n) is 10.5. The van der Waals surface area contributed by atoms with Gasteiger partial charge >= 0.3 is 0 Å². The van der Waals surface area contributed by atoms with Crippen LogP contribution < -0.4 is 0 Å². The van der Waals surface area contributed by atoms with Gasteiger partial charge in [-0.25, -0.2) is 4.98 Å². The summed E-state index contributed by atoms with van der Waals surface area (Å²) in [5, 5.41) is 4.65. The summed E-state index contributed by atoms with van der Waals surface area (Å²) in [6.07, 6.45) is 0. The fourth-order valence-corrected chi connectivity index (χ4v) is 10.5. The molecular formula is C65H45N5. The van der Waals surface area contributed by atoms with Crippen molar-refractivity contribution in [3.05, 3.63) is 248 Å². The van der Waals surface area contributed by atoms with E-state index in [-0.39, 0.29) is 0 Å². The van der Waals surface area contributed by atoms with E-state index < -0.39 is 0 Å². The lowest BCUT2D eigenvalue weighted by Crippen LogP contribution is -2.07. The number of fused-ring (bicyclic) bond motifs is 6. The lowest BCUT2D eigenvalue weighted by atomic mass is 9.92. The van der Waals surface area contributed by atoms with Crippen molar-refractivity contribution in [2.24, 2.45) is 0 Å². The first-order chi connectivity index (χ1) is 34.5. The topological polar surface area (TPSA) is 48.5 Å². The summed E-state index contributed by atoms with van der Waals surface area (Å²) < 4.78 is 4.60. The first-order valence-electron chi connectivity index (χ1n) is 23.8. The number of hydrogen-bond acceptors (Lipinski definition) is 3. The van der Waals surface area contributed by atoms with Crippen molar-refractivity contribution in [1.82, 2.24) is 24.1 Å². The van der Waals surface area contributed by atoms with Crippen molar-refractivity contribution in [3.8, 4) is 78.9 Å². The van der Waals surface area contributed by atoms with Crippen molar-refractivity contribution in [3.63, 3.8) is 0 Å². The number of aryl methyl sites for hydroxylation is 2. The molecule has 13 aromatic rings. The first kappa shape index (κ1) is 41.0. The molecule has 0 saturated carbocycles. The molecule has 0 aliphatic rings. The highest BCUT2D eigenvalue weighted by molar-refractivity contribution is 6.13. The first-order valence-corrected chi connectivity index (χ1v) is 23.8. The Morgan fingerprint density at radius 3 is 1.14 bits per heavy atom. The predicted molar refractivity (Wildman–Crippen MR) is 291 cm³/mol. The number of hydrogen-bond donors (Lipinski definition) is 0. The van der Waals surface area contributed by atoms with Crippen LogP contribution in [0.4, 0.5) is 0 Å². The van der Waals surface area contributed by atoms with Gasteiger partial charge in [-0.1, -0.05) is 187 Å². The monoisotopic (exact) mass is 895 g/mol. The molecule has 3 aromatic heterocycles. The summed E-state index contributed by atoms with van der Waals surface area (Å²) in [5.74, 6) is 1.73. The van der Waals surface area contributed by atoms with Crippen LogP contribution in [0.1, 0.15) is 11.1 Å². The Morgan fingerprint density at radius 1 is 0.271 bits per heavy atom. The van der Waals surface area contributed by atoms with Crippen LogP contribution >= 0.6 is 0 Å². The second-order valence-corrected chi connectivity index (χ2v) is 18.2. The lowest BCUT2D eigenvalue weighted by Gasteiger charge is -2.15. The zero-order valence-corrected chi connectivity index (χ0v) is 38.8. The molecule has 0 atom stereocenters. The normalized spacial score (nSPS) is 11.6. The van der Waals surface area contributed by atoms with Gasteiger partial charge in [0.15, 0.2) is 11.6 Å². The second-order valence-electron chi connectivity index (χ2n) is 18.2. The van der Waals surface area contributed by atoms with Crippen LogP contribution in [-0.4, -0.2) is 24.1 Å². The maximum absolute atomic E-state index is 5.53. The van der Waals surface area contributed by atoms with Crippen molar-refractivity contribution in [1.29, 1.82) is 0 Å². The van der Waals surface area contributed by atoms with E-state index in [1.165, 1.54) is 55.3 Å². The predicted octanol–water partition coefficient (Wildman–Crippen LogP) is 16.7. The molecule has 0 saturated heterocycles. The number of rotatable bonds is 8. The Bertz CT molecular complexity index is 3930. The van der Waals surface area contributed by atoms with Gasteiger partial charge in [-0.3, -0.25) is 4.57 Å². The Labute approximate surface area is 406 Å². The third-order valence-electron chi connectivity index (χ3n) is 13.7. The molecule has 5 heteroatoms. The maximum Gasteiger partial charge on any atom is 0.238 e. The van der Waals surface area contributed by atoms with Crippen LogP contribution in [0.5, 0.6) is 0 Å². The molecule has 330 valence electrons. The largest absolute Gasteiger partial charge is 0.309 e. The fraction of sp³-hybridized carbons (Fsp3) is 0.0308. The molecule has 0 spiro atoms. The van der Waals surface area contributed by atoms with Crippen LogP contribution in [0.15, 0.2) is 237 Å². The molecule has 13 rings (SSSR count). The summed E-state index contributed by atoms with van der Waals surface area (Å²) in [4.78, 5) is 16.3. The van der Waals surface area contributed by atoms with Crippen LogP contribution in [0.3, 0.4) is 0 Å². The van der Waals surface area contributed by atoms with Crippen molar-refractivity contribution < 1.29 is 0 Å². The molecular weight excluding hydrogens is 851 g/mol. The molecule has 0 amide bonds. The van der Waals surface area contributed by atoms with E-state index in [1.807, 2.05) is 18.2 Å². The smallest absolute Gasteiger partial charge is 0.238 e. The van der Waals surface area contributed by atoms with E-state index in [1.54, 1.807) is 0 Å². The van der Waals surface area contributed by atoms with E-state index in [0.29, 0.717) is 17.6 Å². The van der Waals surface area contributed by atoms with Gasteiger partial charge in [0.2, 0.25) is 5.95 Å². The van der Waals surface area contributed by atoms with Crippen molar-refractivity contribution in [2.75, 3.05) is 0 Å². The molecule has 0 N–H and O–H groups in total. The summed E-state index contributed by atoms with van der Waals surface area (Å²) in [5.41, 5.74) is 18.9. The van der Waals surface area contributed by atoms with Gasteiger partial charge in [-0.2, -0.15) is 9.97 Å². The Hall–Kier alpha value is -9.19. The molecule has 0 aliphatic carbocycles. The third-order valence-corrected chi connectivity index (χ3v) is 13.7. The minimum absolute atomic E-state index is 0.544. The zero-order chi connectivity index (χ0) is 46.7. The molecule has 0 fully saturated rings. The SMILES string of the molecule is Cc1ccc2c(c1)c1cc(C)ccc1n2-c1ccccc1-c1nc(-c2ccccc2)nc(-n2c3ccc(-c4ccccc4-c4ccccc4)cc3c3cc(-c4ccccc4-c4ccccc4)ccc32)n1. The molecule has 3 heterocycles. The number of aromatic nitrogens is 5. The molecule has 0 radical (unpaired) electrons. The number of benzene rings is 10. The summed E-state index contributed by atoms with van der Waals surface area (Å²) in [6.45, 7) is 4.32. The summed E-state index contributed by atoms with van der Waals surface area (Å²) >= 11 is 0. The molecule has 5 nitrogen and oxygen atoms in total. The number of nitrogens with zero attached hydrogens (tertiary/aromatic N) is 5. The van der Waals surface area contributed by atoms with Gasteiger partial charge in [0.05, 0.1) is 27.8 Å².